The zero-order chi connectivity index (χ0) is 16.4. The number of esters is 1. The molecule has 2 aromatic heterocycles. The number of carbonyl (C=O) groups is 2. The number of Topliss-reactive ketones (excluding diaryl/α,β-unsaturated/α-hetero) is 1. The molecule has 8 heteroatoms. The van der Waals surface area contributed by atoms with Crippen molar-refractivity contribution in [1.82, 2.24) is 14.1 Å². The van der Waals surface area contributed by atoms with Crippen molar-refractivity contribution in [3.8, 4) is 0 Å². The maximum absolute atomic E-state index is 11.9. The Balaban J connectivity index is 2.16. The Bertz CT molecular complexity index is 856. The van der Waals surface area contributed by atoms with E-state index in [1.807, 2.05) is 0 Å². The first-order valence-electron chi connectivity index (χ1n) is 6.43. The van der Waals surface area contributed by atoms with Crippen LogP contribution < -0.4 is 11.2 Å². The van der Waals surface area contributed by atoms with E-state index >= 15 is 0 Å². The average molecular weight is 305 g/mol. The van der Waals surface area contributed by atoms with Crippen molar-refractivity contribution in [2.75, 3.05) is 0 Å². The number of nitrogens with zero attached hydrogens (tertiary/aromatic N) is 2. The molecule has 2 aromatic rings. The first-order valence-corrected chi connectivity index (χ1v) is 6.43. The van der Waals surface area contributed by atoms with Crippen molar-refractivity contribution in [1.29, 1.82) is 0 Å². The van der Waals surface area contributed by atoms with E-state index in [1.165, 1.54) is 43.9 Å². The van der Waals surface area contributed by atoms with Crippen molar-refractivity contribution in [2.45, 2.75) is 13.5 Å². The second-order valence-electron chi connectivity index (χ2n) is 4.81. The molecular weight excluding hydrogens is 290 g/mol. The first-order chi connectivity index (χ1) is 10.3. The third-order valence-electron chi connectivity index (χ3n) is 3.29. The molecule has 0 aliphatic heterocycles. The van der Waals surface area contributed by atoms with Gasteiger partial charge in [0.25, 0.3) is 5.56 Å². The molecule has 0 aliphatic rings. The van der Waals surface area contributed by atoms with E-state index in [4.69, 9.17) is 4.74 Å². The second-order valence-corrected chi connectivity index (χ2v) is 4.81. The molecule has 2 heterocycles. The van der Waals surface area contributed by atoms with Crippen LogP contribution in [0.15, 0.2) is 27.9 Å². The van der Waals surface area contributed by atoms with Gasteiger partial charge in [0.2, 0.25) is 0 Å². The molecule has 0 aliphatic carbocycles. The summed E-state index contributed by atoms with van der Waals surface area (Å²) in [5.74, 6) is -0.857. The van der Waals surface area contributed by atoms with Crippen LogP contribution in [0.3, 0.4) is 0 Å². The summed E-state index contributed by atoms with van der Waals surface area (Å²) in [5, 5.41) is 0. The molecule has 0 saturated heterocycles. The van der Waals surface area contributed by atoms with Crippen LogP contribution >= 0.6 is 0 Å². The number of aromatic nitrogens is 3. The van der Waals surface area contributed by atoms with Crippen LogP contribution in [0.5, 0.6) is 0 Å². The van der Waals surface area contributed by atoms with Crippen molar-refractivity contribution >= 4 is 11.8 Å². The maximum Gasteiger partial charge on any atom is 0.355 e. The Labute approximate surface area is 125 Å². The van der Waals surface area contributed by atoms with Crippen molar-refractivity contribution < 1.29 is 14.3 Å². The molecule has 0 fully saturated rings. The van der Waals surface area contributed by atoms with Gasteiger partial charge in [-0.15, -0.1) is 0 Å². The number of hydrogen-bond acceptors (Lipinski definition) is 5. The van der Waals surface area contributed by atoms with E-state index in [1.54, 1.807) is 0 Å². The highest BCUT2D eigenvalue weighted by molar-refractivity contribution is 5.97. The van der Waals surface area contributed by atoms with Crippen molar-refractivity contribution in [3.63, 3.8) is 0 Å². The minimum atomic E-state index is -0.680. The van der Waals surface area contributed by atoms with Gasteiger partial charge in [-0.3, -0.25) is 18.7 Å². The van der Waals surface area contributed by atoms with Gasteiger partial charge in [-0.1, -0.05) is 0 Å². The minimum Gasteiger partial charge on any atom is -0.455 e. The molecule has 0 aromatic carbocycles. The van der Waals surface area contributed by atoms with Crippen molar-refractivity contribution in [2.24, 2.45) is 14.1 Å². The smallest absolute Gasteiger partial charge is 0.355 e. The molecule has 0 spiro atoms. The normalized spacial score (nSPS) is 10.5. The SMILES string of the molecule is CC(=O)c1c[nH]c(C(=O)OCc2cc(=O)n(C)c(=O)n2C)c1. The van der Waals surface area contributed by atoms with Crippen LogP contribution in [-0.4, -0.2) is 25.9 Å². The quantitative estimate of drug-likeness (QED) is 0.631. The summed E-state index contributed by atoms with van der Waals surface area (Å²) in [6, 6.07) is 2.61. The number of H-pyrrole nitrogens is 1. The lowest BCUT2D eigenvalue weighted by Gasteiger charge is -2.09. The highest BCUT2D eigenvalue weighted by Crippen LogP contribution is 2.07. The number of ether oxygens (including phenoxy) is 1. The topological polar surface area (TPSA) is 103 Å². The van der Waals surface area contributed by atoms with Crippen LogP contribution in [0.25, 0.3) is 0 Å². The van der Waals surface area contributed by atoms with Crippen LogP contribution in [0.4, 0.5) is 0 Å². The molecule has 8 nitrogen and oxygen atoms in total. The number of rotatable bonds is 4. The third kappa shape index (κ3) is 2.90. The first kappa shape index (κ1) is 15.5. The van der Waals surface area contributed by atoms with Crippen LogP contribution in [0.1, 0.15) is 33.5 Å². The van der Waals surface area contributed by atoms with Gasteiger partial charge in [-0.05, 0) is 13.0 Å². The Morgan fingerprint density at radius 3 is 2.45 bits per heavy atom. The summed E-state index contributed by atoms with van der Waals surface area (Å²) in [6.45, 7) is 1.16. The molecule has 0 radical (unpaired) electrons. The molecule has 2 rings (SSSR count). The van der Waals surface area contributed by atoms with E-state index in [-0.39, 0.29) is 23.8 Å². The van der Waals surface area contributed by atoms with Gasteiger partial charge in [-0.2, -0.15) is 0 Å². The average Bonchev–Trinajstić information content (AvgIpc) is 2.97. The maximum atomic E-state index is 11.9. The van der Waals surface area contributed by atoms with Gasteiger partial charge in [0.15, 0.2) is 5.78 Å². The van der Waals surface area contributed by atoms with Gasteiger partial charge in [0.05, 0.1) is 5.69 Å². The predicted molar refractivity (Wildman–Crippen MR) is 76.8 cm³/mol. The largest absolute Gasteiger partial charge is 0.455 e. The highest BCUT2D eigenvalue weighted by atomic mass is 16.5. The molecule has 1 N–H and O–H groups in total. The highest BCUT2D eigenvalue weighted by Gasteiger charge is 2.13. The number of aromatic amines is 1. The summed E-state index contributed by atoms with van der Waals surface area (Å²) in [6.07, 6.45) is 1.41. The van der Waals surface area contributed by atoms with E-state index in [9.17, 15) is 19.2 Å². The molecule has 0 amide bonds. The fourth-order valence-electron chi connectivity index (χ4n) is 1.85. The molecule has 0 bridgehead atoms. The van der Waals surface area contributed by atoms with Crippen LogP contribution in [-0.2, 0) is 25.4 Å². The molecule has 116 valence electrons. The predicted octanol–water partition coefficient (Wildman–Crippen LogP) is -0.0283. The molecular formula is C14H15N3O5. The zero-order valence-corrected chi connectivity index (χ0v) is 12.4. The van der Waals surface area contributed by atoms with E-state index in [2.05, 4.69) is 4.98 Å². The number of hydrogen-bond donors (Lipinski definition) is 1. The number of carbonyl (C=O) groups excluding carboxylic acids is 2. The minimum absolute atomic E-state index is 0.124. The number of ketones is 1. The lowest BCUT2D eigenvalue weighted by Crippen LogP contribution is -2.38. The standard InChI is InChI=1S/C14H15N3O5/c1-8(18)9-4-11(15-6-9)13(20)22-7-10-5-12(19)17(3)14(21)16(10)2/h4-6,15H,7H2,1-3H3. The van der Waals surface area contributed by atoms with Gasteiger partial charge >= 0.3 is 11.7 Å². The van der Waals surface area contributed by atoms with Crippen LogP contribution in [0.2, 0.25) is 0 Å². The van der Waals surface area contributed by atoms with Gasteiger partial charge in [0, 0.05) is 31.9 Å². The fourth-order valence-corrected chi connectivity index (χ4v) is 1.85. The lowest BCUT2D eigenvalue weighted by molar-refractivity contribution is 0.0456. The van der Waals surface area contributed by atoms with E-state index in [0.717, 1.165) is 4.57 Å². The summed E-state index contributed by atoms with van der Waals surface area (Å²) in [5.41, 5.74) is -0.211. The molecule has 0 atom stereocenters. The molecule has 0 unspecified atom stereocenters. The molecule has 22 heavy (non-hydrogen) atoms. The summed E-state index contributed by atoms with van der Waals surface area (Å²) >= 11 is 0. The Morgan fingerprint density at radius 2 is 1.86 bits per heavy atom. The van der Waals surface area contributed by atoms with Crippen molar-refractivity contribution in [3.05, 3.63) is 56.1 Å². The summed E-state index contributed by atoms with van der Waals surface area (Å²) in [7, 11) is 2.84. The van der Waals surface area contributed by atoms with Crippen LogP contribution in [0, 0.1) is 0 Å². The Morgan fingerprint density at radius 1 is 1.18 bits per heavy atom. The van der Waals surface area contributed by atoms with E-state index < -0.39 is 17.2 Å². The summed E-state index contributed by atoms with van der Waals surface area (Å²) < 4.78 is 7.23. The second kappa shape index (κ2) is 5.84. The molecule has 0 saturated carbocycles. The lowest BCUT2D eigenvalue weighted by atomic mass is 10.2. The Kier molecular flexibility index (Phi) is 4.11. The summed E-state index contributed by atoms with van der Waals surface area (Å²) in [4.78, 5) is 49.0. The number of nitrogens with one attached hydrogen (secondary N) is 1. The van der Waals surface area contributed by atoms with Gasteiger partial charge < -0.3 is 9.72 Å². The fraction of sp³-hybridized carbons (Fsp3) is 0.286. The van der Waals surface area contributed by atoms with Gasteiger partial charge in [0.1, 0.15) is 12.3 Å². The van der Waals surface area contributed by atoms with E-state index in [0.29, 0.717) is 5.56 Å². The zero-order valence-electron chi connectivity index (χ0n) is 12.4. The van der Waals surface area contributed by atoms with Gasteiger partial charge in [-0.25, -0.2) is 9.59 Å². The Hall–Kier alpha value is -2.90. The third-order valence-corrected chi connectivity index (χ3v) is 3.29. The monoisotopic (exact) mass is 305 g/mol.